The van der Waals surface area contributed by atoms with Crippen LogP contribution in [0.4, 0.5) is 4.39 Å². The Bertz CT molecular complexity index is 427. The minimum absolute atomic E-state index is 0.0568. The zero-order valence-electron chi connectivity index (χ0n) is 11.1. The molecule has 1 saturated heterocycles. The van der Waals surface area contributed by atoms with Crippen molar-refractivity contribution in [2.75, 3.05) is 13.1 Å². The average molecular weight is 249 g/mol. The Hall–Kier alpha value is -1.22. The van der Waals surface area contributed by atoms with Crippen LogP contribution in [0.1, 0.15) is 40.7 Å². The third-order valence-corrected chi connectivity index (χ3v) is 3.58. The number of Topliss-reactive ketones (excluding diaryl/α,β-unsaturated/α-hetero) is 1. The fourth-order valence-electron chi connectivity index (χ4n) is 2.73. The number of hydrogen-bond donors (Lipinski definition) is 1. The van der Waals surface area contributed by atoms with Crippen molar-refractivity contribution in [1.82, 2.24) is 5.32 Å². The maximum Gasteiger partial charge on any atom is 0.166 e. The van der Waals surface area contributed by atoms with Crippen LogP contribution in [0.5, 0.6) is 0 Å². The Morgan fingerprint density at radius 2 is 2.22 bits per heavy atom. The van der Waals surface area contributed by atoms with Gasteiger partial charge in [0.05, 0.1) is 5.56 Å². The molecule has 1 aromatic rings. The van der Waals surface area contributed by atoms with E-state index in [0.29, 0.717) is 12.3 Å². The number of rotatable bonds is 3. The van der Waals surface area contributed by atoms with E-state index in [1.54, 1.807) is 0 Å². The highest BCUT2D eigenvalue weighted by Crippen LogP contribution is 2.22. The zero-order valence-corrected chi connectivity index (χ0v) is 11.1. The molecule has 1 aliphatic heterocycles. The van der Waals surface area contributed by atoms with Crippen molar-refractivity contribution >= 4 is 5.78 Å². The lowest BCUT2D eigenvalue weighted by Gasteiger charge is -2.22. The number of carbonyl (C=O) groups excluding carboxylic acids is 1. The number of carbonyl (C=O) groups is 1. The predicted octanol–water partition coefficient (Wildman–Crippen LogP) is 3.01. The summed E-state index contributed by atoms with van der Waals surface area (Å²) in [5.41, 5.74) is 1.90. The quantitative estimate of drug-likeness (QED) is 0.834. The van der Waals surface area contributed by atoms with Crippen molar-refractivity contribution in [3.63, 3.8) is 0 Å². The van der Waals surface area contributed by atoms with E-state index in [1.807, 2.05) is 19.9 Å². The van der Waals surface area contributed by atoms with E-state index >= 15 is 0 Å². The van der Waals surface area contributed by atoms with Gasteiger partial charge in [-0.2, -0.15) is 0 Å². The first-order valence-corrected chi connectivity index (χ1v) is 6.58. The standard InChI is InChI=1S/C15H20FNO/c1-10-6-11(2)15(13(16)7-10)14(18)8-12-4-3-5-17-9-12/h6-7,12,17H,3-5,8-9H2,1-2H3. The summed E-state index contributed by atoms with van der Waals surface area (Å²) in [6, 6.07) is 3.31. The summed E-state index contributed by atoms with van der Waals surface area (Å²) in [6.07, 6.45) is 2.62. The number of nitrogens with one attached hydrogen (secondary N) is 1. The molecule has 1 N–H and O–H groups in total. The minimum atomic E-state index is -0.374. The normalized spacial score (nSPS) is 19.8. The molecule has 3 heteroatoms. The number of hydrogen-bond acceptors (Lipinski definition) is 2. The summed E-state index contributed by atoms with van der Waals surface area (Å²) in [4.78, 5) is 12.2. The number of halogens is 1. The van der Waals surface area contributed by atoms with Crippen LogP contribution >= 0.6 is 0 Å². The van der Waals surface area contributed by atoms with Gasteiger partial charge in [0.15, 0.2) is 5.78 Å². The van der Waals surface area contributed by atoms with E-state index < -0.39 is 0 Å². The van der Waals surface area contributed by atoms with Crippen LogP contribution in [0.15, 0.2) is 12.1 Å². The molecule has 0 aliphatic carbocycles. The SMILES string of the molecule is Cc1cc(C)c(C(=O)CC2CCCNC2)c(F)c1. The molecule has 0 amide bonds. The van der Waals surface area contributed by atoms with Gasteiger partial charge in [0.2, 0.25) is 0 Å². The molecule has 1 aromatic carbocycles. The molecule has 98 valence electrons. The van der Waals surface area contributed by atoms with Crippen LogP contribution in [0, 0.1) is 25.6 Å². The molecule has 1 heterocycles. The second kappa shape index (κ2) is 5.61. The Balaban J connectivity index is 2.13. The third kappa shape index (κ3) is 2.96. The molecule has 0 saturated carbocycles. The molecule has 2 rings (SSSR count). The summed E-state index contributed by atoms with van der Waals surface area (Å²) in [5, 5.41) is 3.28. The molecule has 0 aromatic heterocycles. The van der Waals surface area contributed by atoms with Gasteiger partial charge in [0.25, 0.3) is 0 Å². The summed E-state index contributed by atoms with van der Waals surface area (Å²) >= 11 is 0. The molecule has 1 fully saturated rings. The van der Waals surface area contributed by atoms with Crippen molar-refractivity contribution in [2.45, 2.75) is 33.1 Å². The Kier molecular flexibility index (Phi) is 4.12. The van der Waals surface area contributed by atoms with Crippen LogP contribution in [-0.2, 0) is 0 Å². The Morgan fingerprint density at radius 1 is 1.44 bits per heavy atom. The van der Waals surface area contributed by atoms with Crippen molar-refractivity contribution in [1.29, 1.82) is 0 Å². The number of piperidine rings is 1. The molecule has 2 nitrogen and oxygen atoms in total. The molecular formula is C15H20FNO. The first kappa shape index (κ1) is 13.2. The first-order chi connectivity index (χ1) is 8.58. The van der Waals surface area contributed by atoms with Crippen LogP contribution in [0.3, 0.4) is 0 Å². The molecule has 1 atom stereocenters. The lowest BCUT2D eigenvalue weighted by Crippen LogP contribution is -2.31. The lowest BCUT2D eigenvalue weighted by molar-refractivity contribution is 0.0949. The van der Waals surface area contributed by atoms with Gasteiger partial charge in [0.1, 0.15) is 5.82 Å². The van der Waals surface area contributed by atoms with Crippen molar-refractivity contribution in [3.05, 3.63) is 34.6 Å². The maximum atomic E-state index is 13.9. The van der Waals surface area contributed by atoms with Gasteiger partial charge >= 0.3 is 0 Å². The monoisotopic (exact) mass is 249 g/mol. The van der Waals surface area contributed by atoms with Gasteiger partial charge in [-0.25, -0.2) is 4.39 Å². The van der Waals surface area contributed by atoms with Gasteiger partial charge < -0.3 is 5.32 Å². The maximum absolute atomic E-state index is 13.9. The van der Waals surface area contributed by atoms with Gasteiger partial charge in [-0.3, -0.25) is 4.79 Å². The fourth-order valence-corrected chi connectivity index (χ4v) is 2.73. The van der Waals surface area contributed by atoms with Crippen molar-refractivity contribution < 1.29 is 9.18 Å². The van der Waals surface area contributed by atoms with Gasteiger partial charge in [0, 0.05) is 6.42 Å². The summed E-state index contributed by atoms with van der Waals surface area (Å²) in [7, 11) is 0. The molecule has 1 aliphatic rings. The van der Waals surface area contributed by atoms with Gasteiger partial charge in [-0.1, -0.05) is 6.07 Å². The highest BCUT2D eigenvalue weighted by molar-refractivity contribution is 5.97. The zero-order chi connectivity index (χ0) is 13.1. The smallest absolute Gasteiger partial charge is 0.166 e. The van der Waals surface area contributed by atoms with E-state index in [2.05, 4.69) is 5.32 Å². The molecule has 1 unspecified atom stereocenters. The second-order valence-electron chi connectivity index (χ2n) is 5.28. The van der Waals surface area contributed by atoms with E-state index in [9.17, 15) is 9.18 Å². The van der Waals surface area contributed by atoms with Gasteiger partial charge in [-0.05, 0) is 62.9 Å². The molecule has 18 heavy (non-hydrogen) atoms. The van der Waals surface area contributed by atoms with E-state index in [0.717, 1.165) is 37.1 Å². The van der Waals surface area contributed by atoms with Crippen LogP contribution in [0.2, 0.25) is 0 Å². The molecule has 0 spiro atoms. The Morgan fingerprint density at radius 3 is 2.83 bits per heavy atom. The number of ketones is 1. The van der Waals surface area contributed by atoms with Crippen molar-refractivity contribution in [3.8, 4) is 0 Å². The van der Waals surface area contributed by atoms with Crippen LogP contribution in [0.25, 0.3) is 0 Å². The van der Waals surface area contributed by atoms with E-state index in [1.165, 1.54) is 6.07 Å². The topological polar surface area (TPSA) is 29.1 Å². The average Bonchev–Trinajstić information content (AvgIpc) is 2.28. The molecule has 0 radical (unpaired) electrons. The lowest BCUT2D eigenvalue weighted by atomic mass is 9.90. The first-order valence-electron chi connectivity index (χ1n) is 6.58. The predicted molar refractivity (Wildman–Crippen MR) is 70.4 cm³/mol. The fraction of sp³-hybridized carbons (Fsp3) is 0.533. The number of benzene rings is 1. The van der Waals surface area contributed by atoms with Crippen LogP contribution < -0.4 is 5.32 Å². The summed E-state index contributed by atoms with van der Waals surface area (Å²) in [6.45, 7) is 5.55. The molecular weight excluding hydrogens is 229 g/mol. The largest absolute Gasteiger partial charge is 0.316 e. The highest BCUT2D eigenvalue weighted by Gasteiger charge is 2.21. The summed E-state index contributed by atoms with van der Waals surface area (Å²) < 4.78 is 13.9. The van der Waals surface area contributed by atoms with Gasteiger partial charge in [-0.15, -0.1) is 0 Å². The minimum Gasteiger partial charge on any atom is -0.316 e. The number of aryl methyl sites for hydroxylation is 2. The van der Waals surface area contributed by atoms with Crippen LogP contribution in [-0.4, -0.2) is 18.9 Å². The van der Waals surface area contributed by atoms with E-state index in [-0.39, 0.29) is 17.2 Å². The Labute approximate surface area is 108 Å². The van der Waals surface area contributed by atoms with Crippen molar-refractivity contribution in [2.24, 2.45) is 5.92 Å². The van der Waals surface area contributed by atoms with E-state index in [4.69, 9.17) is 0 Å². The second-order valence-corrected chi connectivity index (χ2v) is 5.28. The highest BCUT2D eigenvalue weighted by atomic mass is 19.1. The molecule has 0 bridgehead atoms. The summed E-state index contributed by atoms with van der Waals surface area (Å²) in [5.74, 6) is -0.0775. The third-order valence-electron chi connectivity index (χ3n) is 3.58.